The number of amides is 1. The molecule has 0 aromatic heterocycles. The van der Waals surface area contributed by atoms with E-state index in [4.69, 9.17) is 19.8 Å². The second-order valence-electron chi connectivity index (χ2n) is 7.08. The summed E-state index contributed by atoms with van der Waals surface area (Å²) in [5.74, 6) is 0. The lowest BCUT2D eigenvalue weighted by atomic mass is 10.1. The molecule has 0 bridgehead atoms. The molecule has 0 aromatic rings. The molecular formula is C19H35N4O4P. The minimum Gasteiger partial charge on any atom is -0.448 e. The first-order valence-corrected chi connectivity index (χ1v) is 11.1. The maximum atomic E-state index is 11.3. The molecule has 1 amide bonds. The number of unbranched alkanes of at least 4 members (excludes halogenated alkanes) is 3. The number of nitriles is 2. The van der Waals surface area contributed by atoms with Crippen LogP contribution in [0.5, 0.6) is 0 Å². The zero-order valence-corrected chi connectivity index (χ0v) is 18.5. The maximum Gasteiger partial charge on any atom is 0.407 e. The minimum absolute atomic E-state index is 0.112. The van der Waals surface area contributed by atoms with Crippen LogP contribution in [0.2, 0.25) is 0 Å². The highest BCUT2D eigenvalue weighted by Gasteiger charge is 2.26. The molecule has 0 saturated carbocycles. The van der Waals surface area contributed by atoms with Crippen LogP contribution in [0.3, 0.4) is 0 Å². The van der Waals surface area contributed by atoms with Gasteiger partial charge in [0.25, 0.3) is 8.53 Å². The molecule has 9 heteroatoms. The third-order valence-corrected chi connectivity index (χ3v) is 5.79. The largest absolute Gasteiger partial charge is 0.448 e. The number of nitrogens with zero attached hydrogens (tertiary/aromatic N) is 3. The van der Waals surface area contributed by atoms with Crippen LogP contribution in [-0.4, -0.2) is 47.0 Å². The van der Waals surface area contributed by atoms with Crippen molar-refractivity contribution in [2.24, 2.45) is 0 Å². The van der Waals surface area contributed by atoms with E-state index >= 15 is 0 Å². The summed E-state index contributed by atoms with van der Waals surface area (Å²) >= 11 is 0. The molecule has 0 rings (SSSR count). The Balaban J connectivity index is 4.03. The summed E-state index contributed by atoms with van der Waals surface area (Å²) in [4.78, 5) is 21.7. The van der Waals surface area contributed by atoms with Crippen molar-refractivity contribution in [1.29, 1.82) is 10.5 Å². The lowest BCUT2D eigenvalue weighted by molar-refractivity contribution is 0.148. The molecule has 0 radical (unpaired) electrons. The quantitative estimate of drug-likeness (QED) is 0.304. The van der Waals surface area contributed by atoms with Crippen molar-refractivity contribution >= 4 is 14.6 Å². The van der Waals surface area contributed by atoms with Gasteiger partial charge in [0.05, 0.1) is 31.1 Å². The summed E-state index contributed by atoms with van der Waals surface area (Å²) in [7, 11) is -1.72. The predicted octanol–water partition coefficient (Wildman–Crippen LogP) is 4.21. The van der Waals surface area contributed by atoms with Gasteiger partial charge in [-0.15, -0.1) is 0 Å². The first-order valence-electron chi connectivity index (χ1n) is 9.92. The molecule has 0 fully saturated rings. The van der Waals surface area contributed by atoms with Crippen LogP contribution in [0, 0.1) is 22.7 Å². The van der Waals surface area contributed by atoms with E-state index < -0.39 is 14.6 Å². The van der Waals surface area contributed by atoms with Gasteiger partial charge in [0.1, 0.15) is 6.61 Å². The molecule has 0 aliphatic heterocycles. The molecule has 2 unspecified atom stereocenters. The Morgan fingerprint density at radius 1 is 1.11 bits per heavy atom. The highest BCUT2D eigenvalue weighted by Crippen LogP contribution is 2.42. The third-order valence-electron chi connectivity index (χ3n) is 3.99. The van der Waals surface area contributed by atoms with Gasteiger partial charge in [0.2, 0.25) is 0 Å². The van der Waals surface area contributed by atoms with Gasteiger partial charge in [0.15, 0.2) is 0 Å². The van der Waals surface area contributed by atoms with Gasteiger partial charge in [0, 0.05) is 18.6 Å². The first-order chi connectivity index (χ1) is 13.3. The lowest BCUT2D eigenvalue weighted by Crippen LogP contribution is -2.33. The zero-order valence-electron chi connectivity index (χ0n) is 17.6. The van der Waals surface area contributed by atoms with Crippen LogP contribution < -0.4 is 5.32 Å². The minimum atomic E-state index is -1.72. The molecule has 2 N–H and O–H groups in total. The highest BCUT2D eigenvalue weighted by atomic mass is 31.2. The standard InChI is InChI=1S/C19H35N4O4P/c1-16(2)23(17(3)4)28(25)27-18(11-13-21)10-7-5-6-8-14-22-19(24)26-15-9-12-20/h16-18,25H,5-11,14-15H2,1-4H3,(H,22,24). The molecule has 0 aromatic carbocycles. The van der Waals surface area contributed by atoms with Crippen molar-refractivity contribution in [2.75, 3.05) is 13.2 Å². The van der Waals surface area contributed by atoms with Crippen LogP contribution in [0.15, 0.2) is 0 Å². The summed E-state index contributed by atoms with van der Waals surface area (Å²) in [5.41, 5.74) is 0. The van der Waals surface area contributed by atoms with Crippen molar-refractivity contribution in [2.45, 2.75) is 90.8 Å². The average Bonchev–Trinajstić information content (AvgIpc) is 2.60. The van der Waals surface area contributed by atoms with E-state index in [1.807, 2.05) is 38.4 Å². The summed E-state index contributed by atoms with van der Waals surface area (Å²) in [6.45, 7) is 8.70. The van der Waals surface area contributed by atoms with Crippen molar-refractivity contribution in [3.63, 3.8) is 0 Å². The maximum absolute atomic E-state index is 11.3. The van der Waals surface area contributed by atoms with Gasteiger partial charge in [-0.3, -0.25) is 0 Å². The number of carbonyl (C=O) groups excluding carboxylic acids is 1. The fourth-order valence-corrected chi connectivity index (χ4v) is 4.10. The lowest BCUT2D eigenvalue weighted by Gasteiger charge is -2.34. The molecule has 8 nitrogen and oxygen atoms in total. The number of hydrogen-bond donors (Lipinski definition) is 2. The Morgan fingerprint density at radius 2 is 1.75 bits per heavy atom. The van der Waals surface area contributed by atoms with Crippen LogP contribution in [0.25, 0.3) is 0 Å². The number of carbonyl (C=O) groups is 1. The van der Waals surface area contributed by atoms with Gasteiger partial charge in [-0.05, 0) is 40.5 Å². The van der Waals surface area contributed by atoms with Crippen LogP contribution in [0.1, 0.15) is 72.6 Å². The molecule has 0 aliphatic carbocycles. The monoisotopic (exact) mass is 414 g/mol. The fraction of sp³-hybridized carbons (Fsp3) is 0.842. The number of nitrogens with one attached hydrogen (secondary N) is 1. The van der Waals surface area contributed by atoms with Gasteiger partial charge in [-0.25, -0.2) is 9.46 Å². The Kier molecular flexibility index (Phi) is 15.7. The molecule has 2 atom stereocenters. The van der Waals surface area contributed by atoms with E-state index in [2.05, 4.69) is 11.4 Å². The summed E-state index contributed by atoms with van der Waals surface area (Å²) < 4.78 is 12.6. The van der Waals surface area contributed by atoms with E-state index in [0.717, 1.165) is 32.1 Å². The topological polar surface area (TPSA) is 119 Å². The van der Waals surface area contributed by atoms with Crippen molar-refractivity contribution < 1.29 is 18.9 Å². The number of alkyl carbamates (subject to hydrolysis) is 1. The van der Waals surface area contributed by atoms with Gasteiger partial charge < -0.3 is 19.5 Å². The third kappa shape index (κ3) is 12.9. The Morgan fingerprint density at radius 3 is 2.32 bits per heavy atom. The molecular weight excluding hydrogens is 379 g/mol. The molecule has 28 heavy (non-hydrogen) atoms. The SMILES string of the molecule is CC(C)N(C(C)C)P(O)OC(CC#N)CCCCCCNC(=O)OCCC#N. The van der Waals surface area contributed by atoms with E-state index in [-0.39, 0.29) is 37.6 Å². The van der Waals surface area contributed by atoms with Crippen molar-refractivity contribution in [3.8, 4) is 12.1 Å². The van der Waals surface area contributed by atoms with E-state index in [1.54, 1.807) is 0 Å². The first kappa shape index (κ1) is 26.6. The average molecular weight is 414 g/mol. The summed E-state index contributed by atoms with van der Waals surface area (Å²) in [6.07, 6.45) is 4.04. The number of ether oxygens (including phenoxy) is 1. The van der Waals surface area contributed by atoms with Crippen LogP contribution >= 0.6 is 8.53 Å². The van der Waals surface area contributed by atoms with Crippen LogP contribution in [0.4, 0.5) is 4.79 Å². The Labute approximate surface area is 170 Å². The van der Waals surface area contributed by atoms with E-state index in [9.17, 15) is 9.69 Å². The summed E-state index contributed by atoms with van der Waals surface area (Å²) in [5, 5.41) is 20.0. The van der Waals surface area contributed by atoms with Gasteiger partial charge in [-0.1, -0.05) is 19.3 Å². The van der Waals surface area contributed by atoms with Crippen LogP contribution in [-0.2, 0) is 9.26 Å². The van der Waals surface area contributed by atoms with Gasteiger partial charge in [-0.2, -0.15) is 10.5 Å². The normalized spacial score (nSPS) is 13.2. The highest BCUT2D eigenvalue weighted by molar-refractivity contribution is 7.43. The molecule has 0 saturated heterocycles. The second-order valence-corrected chi connectivity index (χ2v) is 8.26. The van der Waals surface area contributed by atoms with E-state index in [1.165, 1.54) is 0 Å². The van der Waals surface area contributed by atoms with E-state index in [0.29, 0.717) is 6.54 Å². The summed E-state index contributed by atoms with van der Waals surface area (Å²) in [6, 6.07) is 4.38. The number of hydrogen-bond acceptors (Lipinski definition) is 7. The smallest absolute Gasteiger partial charge is 0.407 e. The Bertz CT molecular complexity index is 497. The number of rotatable bonds is 15. The fourth-order valence-electron chi connectivity index (χ4n) is 2.75. The molecule has 0 aliphatic rings. The molecule has 0 heterocycles. The van der Waals surface area contributed by atoms with Crippen molar-refractivity contribution in [1.82, 2.24) is 9.99 Å². The zero-order chi connectivity index (χ0) is 21.4. The molecule has 160 valence electrons. The Hall–Kier alpha value is -1.44. The van der Waals surface area contributed by atoms with Crippen molar-refractivity contribution in [3.05, 3.63) is 0 Å². The second kappa shape index (κ2) is 16.5. The predicted molar refractivity (Wildman–Crippen MR) is 109 cm³/mol. The molecule has 0 spiro atoms. The van der Waals surface area contributed by atoms with Gasteiger partial charge >= 0.3 is 6.09 Å².